The van der Waals surface area contributed by atoms with E-state index in [2.05, 4.69) is 4.98 Å². The molecule has 0 fully saturated rings. The van der Waals surface area contributed by atoms with Crippen molar-refractivity contribution in [3.8, 4) is 0 Å². The number of nitrogens with zero attached hydrogens (tertiary/aromatic N) is 1. The Kier molecular flexibility index (Phi) is 2.42. The zero-order valence-electron chi connectivity index (χ0n) is 7.64. The normalized spacial score (nSPS) is 10.4. The van der Waals surface area contributed by atoms with E-state index in [9.17, 15) is 4.79 Å². The summed E-state index contributed by atoms with van der Waals surface area (Å²) in [7, 11) is 0. The van der Waals surface area contributed by atoms with Crippen molar-refractivity contribution in [2.75, 3.05) is 5.73 Å². The van der Waals surface area contributed by atoms with Gasteiger partial charge in [-0.25, -0.2) is 9.78 Å². The molecule has 0 aliphatic rings. The number of anilines is 1. The highest BCUT2D eigenvalue weighted by Gasteiger charge is 2.13. The van der Waals surface area contributed by atoms with E-state index in [1.165, 1.54) is 18.5 Å². The number of nitrogen functional groups attached to an aromatic ring is 1. The molecular formula is C9H8N2O3S. The molecule has 0 bridgehead atoms. The summed E-state index contributed by atoms with van der Waals surface area (Å²) in [6.45, 7) is 0. The number of hydrogen-bond donors (Lipinski definition) is 2. The van der Waals surface area contributed by atoms with Crippen molar-refractivity contribution in [1.82, 2.24) is 4.98 Å². The lowest BCUT2D eigenvalue weighted by atomic mass is 10.3. The van der Waals surface area contributed by atoms with Crippen LogP contribution in [0.1, 0.15) is 20.4 Å². The summed E-state index contributed by atoms with van der Waals surface area (Å²) in [5.74, 6) is -0.439. The lowest BCUT2D eigenvalue weighted by molar-refractivity contribution is 0.0702. The molecule has 3 N–H and O–H groups in total. The molecule has 0 radical (unpaired) electrons. The van der Waals surface area contributed by atoms with Gasteiger partial charge in [0.1, 0.15) is 11.1 Å². The van der Waals surface area contributed by atoms with Crippen molar-refractivity contribution >= 4 is 23.0 Å². The van der Waals surface area contributed by atoms with E-state index in [4.69, 9.17) is 15.3 Å². The van der Waals surface area contributed by atoms with Crippen molar-refractivity contribution in [3.63, 3.8) is 0 Å². The Balaban J connectivity index is 2.25. The average molecular weight is 224 g/mol. The first-order valence-electron chi connectivity index (χ1n) is 4.16. The maximum atomic E-state index is 10.7. The van der Waals surface area contributed by atoms with Gasteiger partial charge in [-0.15, -0.1) is 11.3 Å². The monoisotopic (exact) mass is 224 g/mol. The Labute approximate surface area is 89.2 Å². The van der Waals surface area contributed by atoms with Gasteiger partial charge in [0, 0.05) is 10.6 Å². The number of carboxylic acids is 1. The first kappa shape index (κ1) is 9.72. The maximum absolute atomic E-state index is 10.7. The number of aromatic carboxylic acids is 1. The van der Waals surface area contributed by atoms with Crippen LogP contribution in [0.25, 0.3) is 0 Å². The minimum absolute atomic E-state index is 0.231. The van der Waals surface area contributed by atoms with E-state index < -0.39 is 5.97 Å². The molecule has 0 spiro atoms. The summed E-state index contributed by atoms with van der Waals surface area (Å²) in [5, 5.41) is 8.76. The van der Waals surface area contributed by atoms with Crippen molar-refractivity contribution < 1.29 is 14.3 Å². The van der Waals surface area contributed by atoms with Crippen LogP contribution in [0.4, 0.5) is 5.69 Å². The highest BCUT2D eigenvalue weighted by molar-refractivity contribution is 7.14. The molecule has 2 aromatic rings. The lowest BCUT2D eigenvalue weighted by Crippen LogP contribution is -1.90. The van der Waals surface area contributed by atoms with Crippen molar-refractivity contribution in [2.24, 2.45) is 0 Å². The molecule has 0 atom stereocenters. The number of rotatable bonds is 3. The van der Waals surface area contributed by atoms with Crippen LogP contribution in [-0.4, -0.2) is 16.1 Å². The Morgan fingerprint density at radius 2 is 2.47 bits per heavy atom. The Morgan fingerprint density at radius 3 is 3.00 bits per heavy atom. The smallest absolute Gasteiger partial charge is 0.345 e. The SMILES string of the molecule is Nc1cc(C(=O)O)sc1Cc1ncco1. The lowest BCUT2D eigenvalue weighted by Gasteiger charge is -1.93. The quantitative estimate of drug-likeness (QED) is 0.826. The van der Waals surface area contributed by atoms with Crippen LogP contribution < -0.4 is 5.73 Å². The van der Waals surface area contributed by atoms with Crippen LogP contribution in [0, 0.1) is 0 Å². The number of carbonyl (C=O) groups is 1. The molecule has 2 heterocycles. The number of nitrogens with two attached hydrogens (primary N) is 1. The van der Waals surface area contributed by atoms with Gasteiger partial charge in [-0.1, -0.05) is 0 Å². The molecule has 78 valence electrons. The molecule has 0 aliphatic heterocycles. The molecule has 0 saturated heterocycles. The van der Waals surface area contributed by atoms with Crippen LogP contribution in [-0.2, 0) is 6.42 Å². The number of oxazole rings is 1. The summed E-state index contributed by atoms with van der Waals surface area (Å²) in [5.41, 5.74) is 6.14. The van der Waals surface area contributed by atoms with E-state index in [0.29, 0.717) is 18.0 Å². The van der Waals surface area contributed by atoms with Crippen LogP contribution >= 0.6 is 11.3 Å². The number of thiophene rings is 1. The third-order valence-corrected chi connectivity index (χ3v) is 2.99. The van der Waals surface area contributed by atoms with Gasteiger partial charge < -0.3 is 15.3 Å². The second-order valence-corrected chi connectivity index (χ2v) is 4.03. The number of hydrogen-bond acceptors (Lipinski definition) is 5. The maximum Gasteiger partial charge on any atom is 0.345 e. The van der Waals surface area contributed by atoms with Gasteiger partial charge in [-0.2, -0.15) is 0 Å². The van der Waals surface area contributed by atoms with Gasteiger partial charge in [0.05, 0.1) is 12.6 Å². The summed E-state index contributed by atoms with van der Waals surface area (Å²) >= 11 is 1.14. The Bertz CT molecular complexity index is 476. The van der Waals surface area contributed by atoms with Crippen LogP contribution in [0.5, 0.6) is 0 Å². The Morgan fingerprint density at radius 1 is 1.67 bits per heavy atom. The molecule has 0 aromatic carbocycles. The molecular weight excluding hydrogens is 216 g/mol. The van der Waals surface area contributed by atoms with E-state index in [-0.39, 0.29) is 4.88 Å². The molecule has 5 nitrogen and oxygen atoms in total. The molecule has 2 aromatic heterocycles. The second kappa shape index (κ2) is 3.74. The first-order valence-corrected chi connectivity index (χ1v) is 4.98. The standard InChI is InChI=1S/C9H8N2O3S/c10-5-3-7(9(12)13)15-6(5)4-8-11-1-2-14-8/h1-3H,4,10H2,(H,12,13). The van der Waals surface area contributed by atoms with E-state index in [0.717, 1.165) is 16.2 Å². The summed E-state index contributed by atoms with van der Waals surface area (Å²) in [6.07, 6.45) is 3.44. The van der Waals surface area contributed by atoms with Gasteiger partial charge in [-0.3, -0.25) is 0 Å². The van der Waals surface area contributed by atoms with Crippen molar-refractivity contribution in [1.29, 1.82) is 0 Å². The van der Waals surface area contributed by atoms with Gasteiger partial charge in [0.25, 0.3) is 0 Å². The topological polar surface area (TPSA) is 89.4 Å². The second-order valence-electron chi connectivity index (χ2n) is 2.90. The predicted octanol–water partition coefficient (Wildman–Crippen LogP) is 1.61. The molecule has 6 heteroatoms. The van der Waals surface area contributed by atoms with Crippen molar-refractivity contribution in [3.05, 3.63) is 34.2 Å². The van der Waals surface area contributed by atoms with Gasteiger partial charge >= 0.3 is 5.97 Å². The van der Waals surface area contributed by atoms with Gasteiger partial charge in [0.2, 0.25) is 0 Å². The fourth-order valence-corrected chi connectivity index (χ4v) is 2.08. The van der Waals surface area contributed by atoms with E-state index >= 15 is 0 Å². The van der Waals surface area contributed by atoms with Gasteiger partial charge in [0.15, 0.2) is 5.89 Å². The van der Waals surface area contributed by atoms with Crippen molar-refractivity contribution in [2.45, 2.75) is 6.42 Å². The van der Waals surface area contributed by atoms with Crippen LogP contribution in [0.3, 0.4) is 0 Å². The van der Waals surface area contributed by atoms with E-state index in [1.807, 2.05) is 0 Å². The number of aromatic nitrogens is 1. The first-order chi connectivity index (χ1) is 7.16. The minimum Gasteiger partial charge on any atom is -0.477 e. The number of carboxylic acid groups (broad SMARTS) is 1. The summed E-state index contributed by atoms with van der Waals surface area (Å²) < 4.78 is 5.05. The average Bonchev–Trinajstić information content (AvgIpc) is 2.77. The fourth-order valence-electron chi connectivity index (χ4n) is 1.16. The highest BCUT2D eigenvalue weighted by Crippen LogP contribution is 2.26. The molecule has 15 heavy (non-hydrogen) atoms. The molecule has 0 aliphatic carbocycles. The molecule has 0 amide bonds. The summed E-state index contributed by atoms with van der Waals surface area (Å²) in [4.78, 5) is 15.6. The van der Waals surface area contributed by atoms with Gasteiger partial charge in [-0.05, 0) is 6.07 Å². The predicted molar refractivity (Wildman–Crippen MR) is 55.0 cm³/mol. The summed E-state index contributed by atoms with van der Waals surface area (Å²) in [6, 6.07) is 1.45. The Hall–Kier alpha value is -1.82. The van der Waals surface area contributed by atoms with Crippen LogP contribution in [0.15, 0.2) is 22.9 Å². The largest absolute Gasteiger partial charge is 0.477 e. The molecule has 0 unspecified atom stereocenters. The minimum atomic E-state index is -0.967. The third kappa shape index (κ3) is 1.99. The third-order valence-electron chi connectivity index (χ3n) is 1.85. The van der Waals surface area contributed by atoms with Crippen LogP contribution in [0.2, 0.25) is 0 Å². The van der Waals surface area contributed by atoms with E-state index in [1.54, 1.807) is 0 Å². The molecule has 0 saturated carbocycles. The fraction of sp³-hybridized carbons (Fsp3) is 0.111. The highest BCUT2D eigenvalue weighted by atomic mass is 32.1. The zero-order chi connectivity index (χ0) is 10.8. The molecule has 2 rings (SSSR count). The zero-order valence-corrected chi connectivity index (χ0v) is 8.45.